The molecule has 0 bridgehead atoms. The van der Waals surface area contributed by atoms with E-state index in [1.807, 2.05) is 0 Å². The maximum absolute atomic E-state index is 12.2. The van der Waals surface area contributed by atoms with Crippen molar-refractivity contribution < 1.29 is 8.78 Å². The van der Waals surface area contributed by atoms with Crippen LogP contribution in [0.15, 0.2) is 24.3 Å². The van der Waals surface area contributed by atoms with Crippen molar-refractivity contribution in [1.82, 2.24) is 0 Å². The summed E-state index contributed by atoms with van der Waals surface area (Å²) in [7, 11) is 0. The lowest BCUT2D eigenvalue weighted by atomic mass is 9.78. The van der Waals surface area contributed by atoms with Crippen LogP contribution < -0.4 is 0 Å². The second-order valence-electron chi connectivity index (χ2n) is 6.71. The molecule has 0 aliphatic heterocycles. The van der Waals surface area contributed by atoms with Gasteiger partial charge in [-0.25, -0.2) is 0 Å². The Morgan fingerprint density at radius 1 is 0.800 bits per heavy atom. The number of hydrogen-bond acceptors (Lipinski definition) is 0. The average molecular weight is 282 g/mol. The van der Waals surface area contributed by atoms with Crippen LogP contribution in [0, 0.1) is 23.7 Å². The van der Waals surface area contributed by atoms with E-state index in [0.717, 1.165) is 43.6 Å². The second kappa shape index (κ2) is 7.95. The highest BCUT2D eigenvalue weighted by Gasteiger charge is 2.21. The molecule has 0 radical (unpaired) electrons. The van der Waals surface area contributed by atoms with E-state index in [0.29, 0.717) is 5.92 Å². The first-order chi connectivity index (χ1) is 9.67. The minimum atomic E-state index is -1.50. The van der Waals surface area contributed by atoms with Crippen molar-refractivity contribution in [3.8, 4) is 0 Å². The smallest absolute Gasteiger partial charge is 0.174 e. The summed E-state index contributed by atoms with van der Waals surface area (Å²) in [6.07, 6.45) is 15.3. The fourth-order valence-electron chi connectivity index (χ4n) is 3.79. The molecular formula is C18H28F2. The highest BCUT2D eigenvalue weighted by molar-refractivity contribution is 4.98. The fourth-order valence-corrected chi connectivity index (χ4v) is 3.79. The van der Waals surface area contributed by atoms with Crippen LogP contribution in [0.5, 0.6) is 0 Å². The number of hydrogen-bond donors (Lipinski definition) is 0. The van der Waals surface area contributed by atoms with E-state index < -0.39 is 6.08 Å². The van der Waals surface area contributed by atoms with Crippen LogP contribution in [0.2, 0.25) is 0 Å². The Bertz CT molecular complexity index is 325. The van der Waals surface area contributed by atoms with E-state index in [4.69, 9.17) is 0 Å². The highest BCUT2D eigenvalue weighted by atomic mass is 19.3. The minimum absolute atomic E-state index is 0.115. The van der Waals surface area contributed by atoms with Gasteiger partial charge in [-0.15, -0.1) is 0 Å². The van der Waals surface area contributed by atoms with Crippen LogP contribution >= 0.6 is 0 Å². The maximum atomic E-state index is 12.2. The Morgan fingerprint density at radius 3 is 1.70 bits per heavy atom. The summed E-state index contributed by atoms with van der Waals surface area (Å²) in [5.74, 6) is 2.48. The van der Waals surface area contributed by atoms with Gasteiger partial charge in [-0.2, -0.15) is 8.78 Å². The molecule has 0 N–H and O–H groups in total. The Labute approximate surface area is 122 Å². The van der Waals surface area contributed by atoms with Crippen molar-refractivity contribution in [2.45, 2.75) is 64.7 Å². The van der Waals surface area contributed by atoms with Crippen molar-refractivity contribution in [1.29, 1.82) is 0 Å². The molecule has 20 heavy (non-hydrogen) atoms. The molecular weight excluding hydrogens is 254 g/mol. The summed E-state index contributed by atoms with van der Waals surface area (Å²) in [6.45, 7) is 2.30. The summed E-state index contributed by atoms with van der Waals surface area (Å²) < 4.78 is 24.4. The molecule has 2 heteroatoms. The molecule has 0 atom stereocenters. The quantitative estimate of drug-likeness (QED) is 0.527. The van der Waals surface area contributed by atoms with E-state index in [-0.39, 0.29) is 5.92 Å². The molecule has 2 saturated carbocycles. The van der Waals surface area contributed by atoms with E-state index in [1.165, 1.54) is 32.1 Å². The SMILES string of the molecule is CCC1CCC(C=CC2CCC(C=C(F)F)CC2)CC1. The molecule has 0 unspecified atom stereocenters. The average Bonchev–Trinajstić information content (AvgIpc) is 2.46. The zero-order chi connectivity index (χ0) is 14.4. The lowest BCUT2D eigenvalue weighted by molar-refractivity contribution is 0.300. The second-order valence-corrected chi connectivity index (χ2v) is 6.71. The van der Waals surface area contributed by atoms with Gasteiger partial charge >= 0.3 is 0 Å². The summed E-state index contributed by atoms with van der Waals surface area (Å²) in [5, 5.41) is 0. The Hall–Kier alpha value is -0.660. The Morgan fingerprint density at radius 2 is 1.25 bits per heavy atom. The molecule has 0 heterocycles. The van der Waals surface area contributed by atoms with Crippen molar-refractivity contribution in [3.05, 3.63) is 24.3 Å². The highest BCUT2D eigenvalue weighted by Crippen LogP contribution is 2.34. The van der Waals surface area contributed by atoms with E-state index >= 15 is 0 Å². The molecule has 2 rings (SSSR count). The van der Waals surface area contributed by atoms with Gasteiger partial charge in [0.05, 0.1) is 0 Å². The van der Waals surface area contributed by atoms with Gasteiger partial charge in [0.2, 0.25) is 0 Å². The third-order valence-electron chi connectivity index (χ3n) is 5.30. The molecule has 0 nitrogen and oxygen atoms in total. The first-order valence-electron chi connectivity index (χ1n) is 8.38. The van der Waals surface area contributed by atoms with Gasteiger partial charge in [-0.3, -0.25) is 0 Å². The Balaban J connectivity index is 1.70. The normalized spacial score (nSPS) is 35.1. The van der Waals surface area contributed by atoms with Crippen molar-refractivity contribution in [2.24, 2.45) is 23.7 Å². The molecule has 114 valence electrons. The monoisotopic (exact) mass is 282 g/mol. The van der Waals surface area contributed by atoms with Crippen LogP contribution in [-0.2, 0) is 0 Å². The molecule has 0 saturated heterocycles. The van der Waals surface area contributed by atoms with Gasteiger partial charge in [0.25, 0.3) is 6.08 Å². The topological polar surface area (TPSA) is 0 Å². The van der Waals surface area contributed by atoms with Gasteiger partial charge in [0.15, 0.2) is 0 Å². The van der Waals surface area contributed by atoms with Gasteiger partial charge in [0, 0.05) is 0 Å². The van der Waals surface area contributed by atoms with Crippen molar-refractivity contribution in [2.75, 3.05) is 0 Å². The summed E-state index contributed by atoms with van der Waals surface area (Å²) in [5.41, 5.74) is 0. The predicted octanol–water partition coefficient (Wildman–Crippen LogP) is 6.35. The van der Waals surface area contributed by atoms with E-state index in [2.05, 4.69) is 19.1 Å². The summed E-state index contributed by atoms with van der Waals surface area (Å²) >= 11 is 0. The fraction of sp³-hybridized carbons (Fsp3) is 0.778. The van der Waals surface area contributed by atoms with Crippen LogP contribution in [0.4, 0.5) is 8.78 Å². The number of halogens is 2. The van der Waals surface area contributed by atoms with Crippen LogP contribution in [-0.4, -0.2) is 0 Å². The van der Waals surface area contributed by atoms with E-state index in [9.17, 15) is 8.78 Å². The van der Waals surface area contributed by atoms with Crippen LogP contribution in [0.25, 0.3) is 0 Å². The molecule has 0 spiro atoms. The standard InChI is InChI=1S/C18H28F2/c1-2-14-3-5-15(6-4-14)7-8-16-9-11-17(12-10-16)13-18(19)20/h7-8,13-17H,2-6,9-12H2,1H3. The predicted molar refractivity (Wildman–Crippen MR) is 80.6 cm³/mol. The first-order valence-corrected chi connectivity index (χ1v) is 8.38. The zero-order valence-electron chi connectivity index (χ0n) is 12.7. The molecule has 2 aliphatic carbocycles. The third kappa shape index (κ3) is 5.03. The molecule has 0 amide bonds. The number of allylic oxidation sites excluding steroid dienone is 3. The minimum Gasteiger partial charge on any atom is -0.174 e. The molecule has 0 aromatic heterocycles. The lowest BCUT2D eigenvalue weighted by Crippen LogP contribution is -2.14. The van der Waals surface area contributed by atoms with E-state index in [1.54, 1.807) is 0 Å². The largest absolute Gasteiger partial charge is 0.266 e. The van der Waals surface area contributed by atoms with Crippen molar-refractivity contribution >= 4 is 0 Å². The summed E-state index contributed by atoms with van der Waals surface area (Å²) in [6, 6.07) is 0. The van der Waals surface area contributed by atoms with Crippen LogP contribution in [0.1, 0.15) is 64.7 Å². The first kappa shape index (κ1) is 15.7. The maximum Gasteiger partial charge on any atom is 0.266 e. The molecule has 0 aromatic rings. The third-order valence-corrected chi connectivity index (χ3v) is 5.30. The Kier molecular flexibility index (Phi) is 6.25. The summed E-state index contributed by atoms with van der Waals surface area (Å²) in [4.78, 5) is 0. The molecule has 0 aromatic carbocycles. The zero-order valence-corrected chi connectivity index (χ0v) is 12.7. The molecule has 2 aliphatic rings. The van der Waals surface area contributed by atoms with Gasteiger partial charge in [-0.1, -0.05) is 25.5 Å². The van der Waals surface area contributed by atoms with Gasteiger partial charge in [0.1, 0.15) is 0 Å². The van der Waals surface area contributed by atoms with Crippen LogP contribution in [0.3, 0.4) is 0 Å². The molecule has 2 fully saturated rings. The lowest BCUT2D eigenvalue weighted by Gasteiger charge is -2.27. The van der Waals surface area contributed by atoms with Gasteiger partial charge in [-0.05, 0) is 81.1 Å². The van der Waals surface area contributed by atoms with Crippen molar-refractivity contribution in [3.63, 3.8) is 0 Å². The van der Waals surface area contributed by atoms with Gasteiger partial charge < -0.3 is 0 Å². The number of rotatable bonds is 4.